The number of amides is 2. The summed E-state index contributed by atoms with van der Waals surface area (Å²) in [4.78, 5) is 12.0. The van der Waals surface area contributed by atoms with Crippen LogP contribution in [0.25, 0.3) is 0 Å². The third-order valence-corrected chi connectivity index (χ3v) is 4.50. The molecule has 0 heterocycles. The minimum absolute atomic E-state index is 0.234. The van der Waals surface area contributed by atoms with Crippen molar-refractivity contribution in [1.82, 2.24) is 5.32 Å². The highest BCUT2D eigenvalue weighted by atomic mass is 16.3. The maximum absolute atomic E-state index is 12.0. The summed E-state index contributed by atoms with van der Waals surface area (Å²) in [6, 6.07) is 13.5. The lowest BCUT2D eigenvalue weighted by molar-refractivity contribution is 0.0541. The molecule has 0 bridgehead atoms. The smallest absolute Gasteiger partial charge is 0.319 e. The highest BCUT2D eigenvalue weighted by Crippen LogP contribution is 2.29. The standard InChI is InChI=1S/C19H22N2O2/c1-13-7-8-17(9-14(13)2)21-18(22)20-12-19(23)10-15-5-3-4-6-16(15)11-19/h3-9,23H,10-12H2,1-2H3,(H2,20,21,22). The van der Waals surface area contributed by atoms with Crippen LogP contribution in [0.4, 0.5) is 10.5 Å². The molecule has 2 amide bonds. The van der Waals surface area contributed by atoms with Crippen LogP contribution in [-0.2, 0) is 12.8 Å². The van der Waals surface area contributed by atoms with E-state index in [4.69, 9.17) is 0 Å². The zero-order valence-corrected chi connectivity index (χ0v) is 13.5. The summed E-state index contributed by atoms with van der Waals surface area (Å²) in [6.07, 6.45) is 1.15. The minimum Gasteiger partial charge on any atom is -0.387 e. The molecule has 0 unspecified atom stereocenters. The number of hydrogen-bond donors (Lipinski definition) is 3. The van der Waals surface area contributed by atoms with Crippen LogP contribution in [0, 0.1) is 13.8 Å². The van der Waals surface area contributed by atoms with Crippen molar-refractivity contribution >= 4 is 11.7 Å². The van der Waals surface area contributed by atoms with Gasteiger partial charge in [-0.05, 0) is 48.2 Å². The van der Waals surface area contributed by atoms with Crippen molar-refractivity contribution in [2.75, 3.05) is 11.9 Å². The third kappa shape index (κ3) is 3.54. The molecular formula is C19H22N2O2. The molecule has 120 valence electrons. The summed E-state index contributed by atoms with van der Waals surface area (Å²) in [5.74, 6) is 0. The Bertz CT molecular complexity index is 715. The normalized spacial score (nSPS) is 15.1. The number of aliphatic hydroxyl groups is 1. The zero-order valence-electron chi connectivity index (χ0n) is 13.5. The number of hydrogen-bond acceptors (Lipinski definition) is 2. The fourth-order valence-electron chi connectivity index (χ4n) is 3.04. The first-order chi connectivity index (χ1) is 11.0. The van der Waals surface area contributed by atoms with Crippen molar-refractivity contribution in [2.45, 2.75) is 32.3 Å². The van der Waals surface area contributed by atoms with E-state index in [1.54, 1.807) is 0 Å². The number of urea groups is 1. The lowest BCUT2D eigenvalue weighted by Gasteiger charge is -2.22. The zero-order chi connectivity index (χ0) is 16.4. The van der Waals surface area contributed by atoms with Crippen molar-refractivity contribution in [2.24, 2.45) is 0 Å². The Morgan fingerprint density at radius 1 is 1.09 bits per heavy atom. The summed E-state index contributed by atoms with van der Waals surface area (Å²) in [5, 5.41) is 16.3. The number of carbonyl (C=O) groups is 1. The second-order valence-corrected chi connectivity index (χ2v) is 6.45. The molecule has 0 aromatic heterocycles. The molecule has 0 radical (unpaired) electrons. The average Bonchev–Trinajstić information content (AvgIpc) is 2.86. The molecule has 2 aromatic carbocycles. The highest BCUT2D eigenvalue weighted by Gasteiger charge is 2.35. The van der Waals surface area contributed by atoms with Crippen LogP contribution < -0.4 is 10.6 Å². The number of benzene rings is 2. The van der Waals surface area contributed by atoms with Crippen LogP contribution in [0.3, 0.4) is 0 Å². The van der Waals surface area contributed by atoms with Crippen LogP contribution in [0.1, 0.15) is 22.3 Å². The predicted molar refractivity (Wildman–Crippen MR) is 91.7 cm³/mol. The number of rotatable bonds is 3. The fourth-order valence-corrected chi connectivity index (χ4v) is 3.04. The minimum atomic E-state index is -0.899. The Morgan fingerprint density at radius 3 is 2.35 bits per heavy atom. The predicted octanol–water partition coefficient (Wildman–Crippen LogP) is 2.95. The Balaban J connectivity index is 1.56. The molecule has 0 saturated heterocycles. The van der Waals surface area contributed by atoms with Gasteiger partial charge < -0.3 is 15.7 Å². The first kappa shape index (κ1) is 15.6. The van der Waals surface area contributed by atoms with Gasteiger partial charge in [0.2, 0.25) is 0 Å². The van der Waals surface area contributed by atoms with Crippen molar-refractivity contribution in [1.29, 1.82) is 0 Å². The molecule has 0 fully saturated rings. The molecule has 0 saturated carbocycles. The van der Waals surface area contributed by atoms with Crippen molar-refractivity contribution in [3.63, 3.8) is 0 Å². The molecule has 4 heteroatoms. The molecule has 3 rings (SSSR count). The van der Waals surface area contributed by atoms with Gasteiger partial charge in [0.05, 0.1) is 5.60 Å². The van der Waals surface area contributed by atoms with Gasteiger partial charge in [-0.1, -0.05) is 30.3 Å². The van der Waals surface area contributed by atoms with Gasteiger partial charge in [0.25, 0.3) is 0 Å². The van der Waals surface area contributed by atoms with E-state index in [1.165, 1.54) is 5.56 Å². The van der Waals surface area contributed by atoms with Gasteiger partial charge in [0.1, 0.15) is 0 Å². The van der Waals surface area contributed by atoms with E-state index in [-0.39, 0.29) is 12.6 Å². The first-order valence-corrected chi connectivity index (χ1v) is 7.86. The lowest BCUT2D eigenvalue weighted by Crippen LogP contribution is -2.45. The highest BCUT2D eigenvalue weighted by molar-refractivity contribution is 5.89. The summed E-state index contributed by atoms with van der Waals surface area (Å²) in [7, 11) is 0. The number of carbonyl (C=O) groups excluding carboxylic acids is 1. The second kappa shape index (κ2) is 6.05. The van der Waals surface area contributed by atoms with E-state index >= 15 is 0 Å². The van der Waals surface area contributed by atoms with E-state index in [1.807, 2.05) is 56.3 Å². The van der Waals surface area contributed by atoms with E-state index in [2.05, 4.69) is 10.6 Å². The quantitative estimate of drug-likeness (QED) is 0.816. The Hall–Kier alpha value is -2.33. The Morgan fingerprint density at radius 2 is 1.74 bits per heavy atom. The Kier molecular flexibility index (Phi) is 4.09. The molecule has 1 aliphatic carbocycles. The van der Waals surface area contributed by atoms with Gasteiger partial charge in [0, 0.05) is 25.1 Å². The van der Waals surface area contributed by atoms with E-state index in [9.17, 15) is 9.90 Å². The van der Waals surface area contributed by atoms with Crippen LogP contribution in [0.5, 0.6) is 0 Å². The summed E-state index contributed by atoms with van der Waals surface area (Å²) in [6.45, 7) is 4.28. The van der Waals surface area contributed by atoms with Crippen LogP contribution in [0.2, 0.25) is 0 Å². The first-order valence-electron chi connectivity index (χ1n) is 7.86. The van der Waals surface area contributed by atoms with Crippen molar-refractivity contribution < 1.29 is 9.90 Å². The van der Waals surface area contributed by atoms with Gasteiger partial charge in [-0.2, -0.15) is 0 Å². The summed E-state index contributed by atoms with van der Waals surface area (Å²) >= 11 is 0. The van der Waals surface area contributed by atoms with Gasteiger partial charge in [-0.25, -0.2) is 4.79 Å². The average molecular weight is 310 g/mol. The number of fused-ring (bicyclic) bond motifs is 1. The van der Waals surface area contributed by atoms with Crippen LogP contribution >= 0.6 is 0 Å². The van der Waals surface area contributed by atoms with Crippen molar-refractivity contribution in [3.05, 3.63) is 64.7 Å². The van der Waals surface area contributed by atoms with Gasteiger partial charge in [0.15, 0.2) is 0 Å². The summed E-state index contributed by atoms with van der Waals surface area (Å²) < 4.78 is 0. The van der Waals surface area contributed by atoms with Gasteiger partial charge >= 0.3 is 6.03 Å². The van der Waals surface area contributed by atoms with Crippen LogP contribution in [-0.4, -0.2) is 23.3 Å². The molecule has 2 aromatic rings. The number of aryl methyl sites for hydroxylation is 2. The number of nitrogens with one attached hydrogen (secondary N) is 2. The topological polar surface area (TPSA) is 61.4 Å². The molecule has 4 nitrogen and oxygen atoms in total. The molecule has 3 N–H and O–H groups in total. The lowest BCUT2D eigenvalue weighted by atomic mass is 10.0. The fraction of sp³-hybridized carbons (Fsp3) is 0.316. The van der Waals surface area contributed by atoms with Gasteiger partial charge in [-0.15, -0.1) is 0 Å². The van der Waals surface area contributed by atoms with E-state index in [0.717, 1.165) is 22.4 Å². The van der Waals surface area contributed by atoms with E-state index in [0.29, 0.717) is 12.8 Å². The second-order valence-electron chi connectivity index (χ2n) is 6.45. The van der Waals surface area contributed by atoms with Gasteiger partial charge in [-0.3, -0.25) is 0 Å². The SMILES string of the molecule is Cc1ccc(NC(=O)NCC2(O)Cc3ccccc3C2)cc1C. The summed E-state index contributed by atoms with van der Waals surface area (Å²) in [5.41, 5.74) is 4.50. The molecule has 1 aliphatic rings. The maximum Gasteiger partial charge on any atom is 0.319 e. The maximum atomic E-state index is 12.0. The van der Waals surface area contributed by atoms with Crippen molar-refractivity contribution in [3.8, 4) is 0 Å². The molecule has 0 spiro atoms. The Labute approximate surface area is 136 Å². The van der Waals surface area contributed by atoms with Crippen LogP contribution in [0.15, 0.2) is 42.5 Å². The van der Waals surface area contributed by atoms with E-state index < -0.39 is 5.60 Å². The monoisotopic (exact) mass is 310 g/mol. The molecule has 0 atom stereocenters. The molecule has 23 heavy (non-hydrogen) atoms. The molecule has 0 aliphatic heterocycles. The largest absolute Gasteiger partial charge is 0.387 e. The molecular weight excluding hydrogens is 288 g/mol. The number of anilines is 1. The third-order valence-electron chi connectivity index (χ3n) is 4.50.